The Morgan fingerprint density at radius 3 is 2.85 bits per heavy atom. The van der Waals surface area contributed by atoms with Gasteiger partial charge in [-0.05, 0) is 37.5 Å². The predicted molar refractivity (Wildman–Crippen MR) is 87.4 cm³/mol. The van der Waals surface area contributed by atoms with Crippen molar-refractivity contribution in [2.24, 2.45) is 5.92 Å². The average Bonchev–Trinajstić information content (AvgIpc) is 2.81. The van der Waals surface area contributed by atoms with E-state index in [1.165, 1.54) is 6.92 Å². The average molecular weight is 365 g/mol. The minimum atomic E-state index is -4.55. The van der Waals surface area contributed by atoms with Gasteiger partial charge in [0.15, 0.2) is 0 Å². The van der Waals surface area contributed by atoms with Crippen molar-refractivity contribution in [2.75, 3.05) is 6.61 Å². The standard InChI is InChI=1S/C18H18F3N3O2/c1-11-8-15(18(19,20)21)24-16(23-11)10-22-17(25)13-6-7-26-14-5-3-2-4-12(14)9-13/h2-5,8,13H,6-7,9-10H2,1H3,(H,22,25)/t13-/m1/s1. The first-order valence-electron chi connectivity index (χ1n) is 8.23. The first-order chi connectivity index (χ1) is 12.3. The third-order valence-corrected chi connectivity index (χ3v) is 4.15. The third-order valence-electron chi connectivity index (χ3n) is 4.15. The first-order valence-corrected chi connectivity index (χ1v) is 8.23. The van der Waals surface area contributed by atoms with Gasteiger partial charge in [-0.25, -0.2) is 9.97 Å². The normalized spacial score (nSPS) is 17.0. The highest BCUT2D eigenvalue weighted by Gasteiger charge is 2.33. The van der Waals surface area contributed by atoms with E-state index in [0.717, 1.165) is 17.4 Å². The number of amides is 1. The lowest BCUT2D eigenvalue weighted by Gasteiger charge is -2.14. The Kier molecular flexibility index (Phi) is 5.11. The van der Waals surface area contributed by atoms with Gasteiger partial charge in [-0.1, -0.05) is 18.2 Å². The van der Waals surface area contributed by atoms with Gasteiger partial charge in [0, 0.05) is 11.6 Å². The van der Waals surface area contributed by atoms with Crippen LogP contribution < -0.4 is 10.1 Å². The van der Waals surface area contributed by atoms with Gasteiger partial charge >= 0.3 is 6.18 Å². The van der Waals surface area contributed by atoms with Gasteiger partial charge in [0.1, 0.15) is 17.3 Å². The molecule has 1 aliphatic rings. The Bertz CT molecular complexity index is 809. The number of nitrogens with zero attached hydrogens (tertiary/aromatic N) is 2. The number of hydrogen-bond donors (Lipinski definition) is 1. The second-order valence-electron chi connectivity index (χ2n) is 6.17. The summed E-state index contributed by atoms with van der Waals surface area (Å²) in [4.78, 5) is 19.9. The molecule has 1 aromatic heterocycles. The smallest absolute Gasteiger partial charge is 0.433 e. The lowest BCUT2D eigenvalue weighted by atomic mass is 9.96. The van der Waals surface area contributed by atoms with Crippen molar-refractivity contribution in [1.82, 2.24) is 15.3 Å². The zero-order chi connectivity index (χ0) is 18.7. The SMILES string of the molecule is Cc1cc(C(F)(F)F)nc(CNC(=O)[C@@H]2CCOc3ccccc3C2)n1. The molecule has 3 rings (SSSR count). The van der Waals surface area contributed by atoms with Gasteiger partial charge in [0.25, 0.3) is 0 Å². The number of benzene rings is 1. The summed E-state index contributed by atoms with van der Waals surface area (Å²) in [6.07, 6.45) is -3.50. The summed E-state index contributed by atoms with van der Waals surface area (Å²) in [7, 11) is 0. The van der Waals surface area contributed by atoms with Gasteiger partial charge in [-0.2, -0.15) is 13.2 Å². The molecule has 1 amide bonds. The summed E-state index contributed by atoms with van der Waals surface area (Å²) in [5.74, 6) is 0.144. The van der Waals surface area contributed by atoms with Gasteiger partial charge in [0.2, 0.25) is 5.91 Å². The topological polar surface area (TPSA) is 64.1 Å². The number of carbonyl (C=O) groups is 1. The van der Waals surface area contributed by atoms with Crippen LogP contribution in [0.3, 0.4) is 0 Å². The van der Waals surface area contributed by atoms with Crippen LogP contribution in [-0.2, 0) is 23.9 Å². The molecular formula is C18H18F3N3O2. The molecule has 1 aliphatic heterocycles. The molecule has 1 atom stereocenters. The van der Waals surface area contributed by atoms with E-state index in [1.54, 1.807) is 0 Å². The molecule has 0 bridgehead atoms. The highest BCUT2D eigenvalue weighted by molar-refractivity contribution is 5.79. The Hall–Kier alpha value is -2.64. The predicted octanol–water partition coefficient (Wildman–Crippen LogP) is 3.06. The number of carbonyl (C=O) groups excluding carboxylic acids is 1. The molecule has 0 unspecified atom stereocenters. The number of nitrogens with one attached hydrogen (secondary N) is 1. The van der Waals surface area contributed by atoms with E-state index < -0.39 is 11.9 Å². The van der Waals surface area contributed by atoms with Gasteiger partial charge in [0.05, 0.1) is 13.2 Å². The molecule has 1 N–H and O–H groups in total. The van der Waals surface area contributed by atoms with Crippen molar-refractivity contribution >= 4 is 5.91 Å². The highest BCUT2D eigenvalue weighted by Crippen LogP contribution is 2.28. The second kappa shape index (κ2) is 7.31. The lowest BCUT2D eigenvalue weighted by Crippen LogP contribution is -2.32. The molecule has 5 nitrogen and oxygen atoms in total. The summed E-state index contributed by atoms with van der Waals surface area (Å²) < 4.78 is 44.1. The van der Waals surface area contributed by atoms with Crippen LogP contribution in [0.4, 0.5) is 13.2 Å². The Morgan fingerprint density at radius 1 is 1.31 bits per heavy atom. The van der Waals surface area contributed by atoms with E-state index in [0.29, 0.717) is 19.4 Å². The van der Waals surface area contributed by atoms with E-state index in [9.17, 15) is 18.0 Å². The zero-order valence-corrected chi connectivity index (χ0v) is 14.1. The Morgan fingerprint density at radius 2 is 2.08 bits per heavy atom. The number of aryl methyl sites for hydroxylation is 1. The Labute approximate surface area is 148 Å². The molecule has 138 valence electrons. The van der Waals surface area contributed by atoms with Crippen molar-refractivity contribution in [3.8, 4) is 5.75 Å². The number of hydrogen-bond acceptors (Lipinski definition) is 4. The fraction of sp³-hybridized carbons (Fsp3) is 0.389. The number of alkyl halides is 3. The molecule has 26 heavy (non-hydrogen) atoms. The van der Waals surface area contributed by atoms with Crippen molar-refractivity contribution < 1.29 is 22.7 Å². The molecule has 8 heteroatoms. The number of rotatable bonds is 3. The lowest BCUT2D eigenvalue weighted by molar-refractivity contribution is -0.141. The number of para-hydroxylation sites is 1. The van der Waals surface area contributed by atoms with Crippen LogP contribution in [0, 0.1) is 12.8 Å². The van der Waals surface area contributed by atoms with Crippen LogP contribution in [-0.4, -0.2) is 22.5 Å². The van der Waals surface area contributed by atoms with Gasteiger partial charge in [-0.3, -0.25) is 4.79 Å². The third kappa shape index (κ3) is 4.30. The molecule has 0 fully saturated rings. The van der Waals surface area contributed by atoms with Crippen LogP contribution >= 0.6 is 0 Å². The number of aromatic nitrogens is 2. The number of fused-ring (bicyclic) bond motifs is 1. The summed E-state index contributed by atoms with van der Waals surface area (Å²) in [5, 5.41) is 2.65. The first kappa shape index (κ1) is 18.2. The maximum atomic E-state index is 12.8. The maximum absolute atomic E-state index is 12.8. The monoisotopic (exact) mass is 365 g/mol. The molecule has 0 spiro atoms. The molecule has 0 saturated carbocycles. The number of halogens is 3. The molecule has 0 saturated heterocycles. The van der Waals surface area contributed by atoms with E-state index >= 15 is 0 Å². The summed E-state index contributed by atoms with van der Waals surface area (Å²) in [6.45, 7) is 1.72. The second-order valence-corrected chi connectivity index (χ2v) is 6.17. The fourth-order valence-electron chi connectivity index (χ4n) is 2.88. The summed E-state index contributed by atoms with van der Waals surface area (Å²) in [5.41, 5.74) is 0.135. The van der Waals surface area contributed by atoms with E-state index in [4.69, 9.17) is 4.74 Å². The van der Waals surface area contributed by atoms with E-state index in [1.807, 2.05) is 24.3 Å². The summed E-state index contributed by atoms with van der Waals surface area (Å²) in [6, 6.07) is 8.38. The van der Waals surface area contributed by atoms with E-state index in [-0.39, 0.29) is 29.9 Å². The van der Waals surface area contributed by atoms with Crippen LogP contribution in [0.15, 0.2) is 30.3 Å². The van der Waals surface area contributed by atoms with Crippen LogP contribution in [0.25, 0.3) is 0 Å². The molecule has 2 aromatic rings. The van der Waals surface area contributed by atoms with Crippen molar-refractivity contribution in [3.63, 3.8) is 0 Å². The quantitative estimate of drug-likeness (QED) is 0.908. The minimum Gasteiger partial charge on any atom is -0.493 e. The zero-order valence-electron chi connectivity index (χ0n) is 14.1. The Balaban J connectivity index is 1.67. The van der Waals surface area contributed by atoms with Gasteiger partial charge in [-0.15, -0.1) is 0 Å². The molecule has 2 heterocycles. The molecule has 1 aromatic carbocycles. The van der Waals surface area contributed by atoms with Crippen molar-refractivity contribution in [2.45, 2.75) is 32.5 Å². The largest absolute Gasteiger partial charge is 0.493 e. The maximum Gasteiger partial charge on any atom is 0.433 e. The van der Waals surface area contributed by atoms with Crippen molar-refractivity contribution in [3.05, 3.63) is 53.1 Å². The highest BCUT2D eigenvalue weighted by atomic mass is 19.4. The summed E-state index contributed by atoms with van der Waals surface area (Å²) >= 11 is 0. The van der Waals surface area contributed by atoms with Crippen molar-refractivity contribution in [1.29, 1.82) is 0 Å². The van der Waals surface area contributed by atoms with Crippen LogP contribution in [0.2, 0.25) is 0 Å². The minimum absolute atomic E-state index is 0.0593. The van der Waals surface area contributed by atoms with Crippen LogP contribution in [0.1, 0.15) is 29.2 Å². The molecular weight excluding hydrogens is 347 g/mol. The van der Waals surface area contributed by atoms with Crippen LogP contribution in [0.5, 0.6) is 5.75 Å². The number of ether oxygens (including phenoxy) is 1. The molecule has 0 aliphatic carbocycles. The van der Waals surface area contributed by atoms with Gasteiger partial charge < -0.3 is 10.1 Å². The molecule has 0 radical (unpaired) electrons. The van der Waals surface area contributed by atoms with E-state index in [2.05, 4.69) is 15.3 Å². The fourth-order valence-corrected chi connectivity index (χ4v) is 2.88.